The van der Waals surface area contributed by atoms with Crippen LogP contribution >= 0.6 is 0 Å². The molecule has 1 aliphatic heterocycles. The topological polar surface area (TPSA) is 38.0 Å². The van der Waals surface area contributed by atoms with Crippen molar-refractivity contribution in [1.29, 1.82) is 0 Å². The van der Waals surface area contributed by atoms with Crippen LogP contribution in [-0.4, -0.2) is 12.6 Å². The Morgan fingerprint density at radius 1 is 1.40 bits per heavy atom. The van der Waals surface area contributed by atoms with Gasteiger partial charge in [0.25, 0.3) is 0 Å². The van der Waals surface area contributed by atoms with Crippen molar-refractivity contribution in [1.82, 2.24) is 0 Å². The Bertz CT molecular complexity index is 346. The lowest BCUT2D eigenvalue weighted by molar-refractivity contribution is 0.563. The van der Waals surface area contributed by atoms with Crippen molar-refractivity contribution in [2.24, 2.45) is 5.73 Å². The Labute approximate surface area is 91.2 Å². The highest BCUT2D eigenvalue weighted by atomic mass is 15.0. The quantitative estimate of drug-likeness (QED) is 0.736. The Hall–Kier alpha value is -1.28. The number of benzene rings is 1. The lowest BCUT2D eigenvalue weighted by Gasteiger charge is -2.18. The summed E-state index contributed by atoms with van der Waals surface area (Å²) in [6, 6.07) is 8.98. The standard InChI is InChI=1S/C13H18N2/c1-2-5-12-11(8-9-14)10-6-3-4-7-13(10)15-12/h2-4,6-7,11-12,15H,1,5,8-9,14H2/t11-,12+/m1/s1. The molecule has 1 aromatic carbocycles. The molecule has 0 bridgehead atoms. The minimum Gasteiger partial charge on any atom is -0.381 e. The summed E-state index contributed by atoms with van der Waals surface area (Å²) in [6.45, 7) is 4.55. The molecule has 1 heterocycles. The summed E-state index contributed by atoms with van der Waals surface area (Å²) in [5.74, 6) is 0.546. The first-order chi connectivity index (χ1) is 7.36. The molecule has 80 valence electrons. The summed E-state index contributed by atoms with van der Waals surface area (Å²) in [4.78, 5) is 0. The lowest BCUT2D eigenvalue weighted by Crippen LogP contribution is -2.21. The van der Waals surface area contributed by atoms with E-state index in [4.69, 9.17) is 5.73 Å². The molecule has 0 fully saturated rings. The van der Waals surface area contributed by atoms with E-state index in [0.29, 0.717) is 12.0 Å². The predicted octanol–water partition coefficient (Wildman–Crippen LogP) is 2.49. The van der Waals surface area contributed by atoms with E-state index in [1.165, 1.54) is 11.3 Å². The van der Waals surface area contributed by atoms with Crippen molar-refractivity contribution in [3.8, 4) is 0 Å². The molecule has 0 saturated carbocycles. The SMILES string of the molecule is C=CC[C@@H]1Nc2ccccc2[C@H]1CCN. The third-order valence-corrected chi connectivity index (χ3v) is 3.09. The van der Waals surface area contributed by atoms with Crippen LogP contribution in [0.2, 0.25) is 0 Å². The summed E-state index contributed by atoms with van der Waals surface area (Å²) in [5, 5.41) is 3.54. The molecule has 0 aromatic heterocycles. The number of rotatable bonds is 4. The molecule has 3 N–H and O–H groups in total. The molecule has 0 saturated heterocycles. The number of nitrogens with two attached hydrogens (primary N) is 1. The van der Waals surface area contributed by atoms with Gasteiger partial charge in [-0.1, -0.05) is 24.3 Å². The molecular weight excluding hydrogens is 184 g/mol. The number of para-hydroxylation sites is 1. The van der Waals surface area contributed by atoms with Gasteiger partial charge in [0, 0.05) is 17.6 Å². The summed E-state index contributed by atoms with van der Waals surface area (Å²) in [5.41, 5.74) is 8.35. The van der Waals surface area contributed by atoms with Gasteiger partial charge in [0.2, 0.25) is 0 Å². The van der Waals surface area contributed by atoms with Crippen LogP contribution < -0.4 is 11.1 Å². The monoisotopic (exact) mass is 202 g/mol. The van der Waals surface area contributed by atoms with Gasteiger partial charge in [-0.15, -0.1) is 6.58 Å². The first-order valence-corrected chi connectivity index (χ1v) is 5.53. The molecule has 0 amide bonds. The third-order valence-electron chi connectivity index (χ3n) is 3.09. The first-order valence-electron chi connectivity index (χ1n) is 5.53. The van der Waals surface area contributed by atoms with Gasteiger partial charge in [-0.3, -0.25) is 0 Å². The molecule has 0 aliphatic carbocycles. The van der Waals surface area contributed by atoms with Crippen LogP contribution in [0.4, 0.5) is 5.69 Å². The van der Waals surface area contributed by atoms with Crippen LogP contribution in [0.3, 0.4) is 0 Å². The molecule has 1 aromatic rings. The van der Waals surface area contributed by atoms with E-state index in [9.17, 15) is 0 Å². The zero-order valence-electron chi connectivity index (χ0n) is 8.95. The Kier molecular flexibility index (Phi) is 3.07. The van der Waals surface area contributed by atoms with E-state index < -0.39 is 0 Å². The fourth-order valence-corrected chi connectivity index (χ4v) is 2.41. The van der Waals surface area contributed by atoms with Gasteiger partial charge in [0.1, 0.15) is 0 Å². The predicted molar refractivity (Wildman–Crippen MR) is 65.1 cm³/mol. The number of fused-ring (bicyclic) bond motifs is 1. The van der Waals surface area contributed by atoms with Crippen LogP contribution in [0.5, 0.6) is 0 Å². The Morgan fingerprint density at radius 3 is 2.93 bits per heavy atom. The van der Waals surface area contributed by atoms with Crippen LogP contribution in [0.25, 0.3) is 0 Å². The zero-order valence-corrected chi connectivity index (χ0v) is 8.95. The van der Waals surface area contributed by atoms with Crippen LogP contribution in [0.1, 0.15) is 24.3 Å². The Balaban J connectivity index is 2.24. The van der Waals surface area contributed by atoms with Gasteiger partial charge >= 0.3 is 0 Å². The first kappa shape index (κ1) is 10.2. The lowest BCUT2D eigenvalue weighted by atomic mass is 9.90. The minimum absolute atomic E-state index is 0.475. The normalized spacial score (nSPS) is 23.3. The number of hydrogen-bond donors (Lipinski definition) is 2. The highest BCUT2D eigenvalue weighted by Crippen LogP contribution is 2.38. The van der Waals surface area contributed by atoms with Crippen molar-refractivity contribution < 1.29 is 0 Å². The van der Waals surface area contributed by atoms with Gasteiger partial charge in [-0.2, -0.15) is 0 Å². The molecule has 15 heavy (non-hydrogen) atoms. The van der Waals surface area contributed by atoms with E-state index in [0.717, 1.165) is 19.4 Å². The van der Waals surface area contributed by atoms with Gasteiger partial charge in [0.15, 0.2) is 0 Å². The zero-order chi connectivity index (χ0) is 10.7. The van der Waals surface area contributed by atoms with Gasteiger partial charge in [-0.25, -0.2) is 0 Å². The number of nitrogens with one attached hydrogen (secondary N) is 1. The maximum absolute atomic E-state index is 5.67. The number of anilines is 1. The summed E-state index contributed by atoms with van der Waals surface area (Å²) >= 11 is 0. The van der Waals surface area contributed by atoms with Crippen LogP contribution in [0, 0.1) is 0 Å². The van der Waals surface area contributed by atoms with E-state index in [-0.39, 0.29) is 0 Å². The molecule has 2 heteroatoms. The van der Waals surface area contributed by atoms with Crippen molar-refractivity contribution in [2.75, 3.05) is 11.9 Å². The highest BCUT2D eigenvalue weighted by molar-refractivity contribution is 5.59. The fourth-order valence-electron chi connectivity index (χ4n) is 2.41. The van der Waals surface area contributed by atoms with Gasteiger partial charge in [0.05, 0.1) is 0 Å². The summed E-state index contributed by atoms with van der Waals surface area (Å²) in [6.07, 6.45) is 4.02. The molecule has 2 atom stereocenters. The largest absolute Gasteiger partial charge is 0.381 e. The minimum atomic E-state index is 0.475. The average molecular weight is 202 g/mol. The van der Waals surface area contributed by atoms with E-state index in [1.807, 2.05) is 6.08 Å². The number of hydrogen-bond acceptors (Lipinski definition) is 2. The second-order valence-electron chi connectivity index (χ2n) is 4.05. The maximum atomic E-state index is 5.67. The third kappa shape index (κ3) is 1.90. The van der Waals surface area contributed by atoms with Gasteiger partial charge in [-0.05, 0) is 31.0 Å². The summed E-state index contributed by atoms with van der Waals surface area (Å²) in [7, 11) is 0. The molecular formula is C13H18N2. The van der Waals surface area contributed by atoms with Crippen molar-refractivity contribution in [3.05, 3.63) is 42.5 Å². The van der Waals surface area contributed by atoms with E-state index in [2.05, 4.69) is 36.2 Å². The van der Waals surface area contributed by atoms with Crippen molar-refractivity contribution in [2.45, 2.75) is 24.8 Å². The van der Waals surface area contributed by atoms with Crippen LogP contribution in [0.15, 0.2) is 36.9 Å². The fraction of sp³-hybridized carbons (Fsp3) is 0.385. The molecule has 0 spiro atoms. The van der Waals surface area contributed by atoms with E-state index >= 15 is 0 Å². The molecule has 0 unspecified atom stereocenters. The molecule has 2 rings (SSSR count). The second kappa shape index (κ2) is 4.49. The summed E-state index contributed by atoms with van der Waals surface area (Å²) < 4.78 is 0. The van der Waals surface area contributed by atoms with Crippen LogP contribution in [-0.2, 0) is 0 Å². The maximum Gasteiger partial charge on any atom is 0.0378 e. The smallest absolute Gasteiger partial charge is 0.0378 e. The molecule has 1 aliphatic rings. The molecule has 0 radical (unpaired) electrons. The van der Waals surface area contributed by atoms with E-state index in [1.54, 1.807) is 0 Å². The average Bonchev–Trinajstić information content (AvgIpc) is 2.59. The Morgan fingerprint density at radius 2 is 2.20 bits per heavy atom. The van der Waals surface area contributed by atoms with Crippen molar-refractivity contribution >= 4 is 5.69 Å². The molecule has 2 nitrogen and oxygen atoms in total. The highest BCUT2D eigenvalue weighted by Gasteiger charge is 2.29. The second-order valence-corrected chi connectivity index (χ2v) is 4.05. The van der Waals surface area contributed by atoms with Crippen molar-refractivity contribution in [3.63, 3.8) is 0 Å². The van der Waals surface area contributed by atoms with Gasteiger partial charge < -0.3 is 11.1 Å².